The van der Waals surface area contributed by atoms with E-state index in [9.17, 15) is 4.79 Å². The summed E-state index contributed by atoms with van der Waals surface area (Å²) in [6.07, 6.45) is 3.20. The van der Waals surface area contributed by atoms with Crippen molar-refractivity contribution in [2.24, 2.45) is 0 Å². The van der Waals surface area contributed by atoms with Gasteiger partial charge in [0.05, 0.1) is 5.25 Å². The van der Waals surface area contributed by atoms with Crippen LogP contribution in [-0.2, 0) is 11.3 Å². The summed E-state index contributed by atoms with van der Waals surface area (Å²) in [4.78, 5) is 16.0. The predicted octanol–water partition coefficient (Wildman–Crippen LogP) is 5.00. The smallest absolute Gasteiger partial charge is 0.233 e. The molecule has 0 radical (unpaired) electrons. The van der Waals surface area contributed by atoms with E-state index in [2.05, 4.69) is 17.3 Å². The molecular formula is C23H29ClN2O2S. The number of carbonyl (C=O) groups is 1. The number of carbonyl (C=O) groups excluding carboxylic acids is 1. The molecule has 0 saturated carbocycles. The molecule has 0 aromatic heterocycles. The highest BCUT2D eigenvalue weighted by Gasteiger charge is 2.19. The van der Waals surface area contributed by atoms with Crippen LogP contribution in [0.1, 0.15) is 31.7 Å². The standard InChI is InChI=1S/C23H29ClN2O2S/c1-3-22(29-21-10-6-18(24)7-11-21)23(27)25-16-17-4-8-19(9-5-17)28-20-12-14-26(2)15-13-20/h4-11,20,22H,3,12-16H2,1-2H3,(H,25,27). The number of piperidine rings is 1. The zero-order valence-electron chi connectivity index (χ0n) is 17.1. The summed E-state index contributed by atoms with van der Waals surface area (Å²) in [5.74, 6) is 0.957. The van der Waals surface area contributed by atoms with Crippen LogP contribution in [0.4, 0.5) is 0 Å². The van der Waals surface area contributed by atoms with E-state index in [4.69, 9.17) is 16.3 Å². The third-order valence-corrected chi connectivity index (χ3v) is 6.74. The minimum atomic E-state index is -0.122. The van der Waals surface area contributed by atoms with Crippen molar-refractivity contribution in [3.8, 4) is 5.75 Å². The van der Waals surface area contributed by atoms with Gasteiger partial charge in [0.15, 0.2) is 0 Å². The highest BCUT2D eigenvalue weighted by Crippen LogP contribution is 2.27. The quantitative estimate of drug-likeness (QED) is 0.596. The number of hydrogen-bond donors (Lipinski definition) is 1. The highest BCUT2D eigenvalue weighted by atomic mass is 35.5. The maximum atomic E-state index is 12.6. The Hall–Kier alpha value is -1.69. The summed E-state index contributed by atoms with van der Waals surface area (Å²) < 4.78 is 6.09. The van der Waals surface area contributed by atoms with Gasteiger partial charge in [-0.3, -0.25) is 4.79 Å². The molecule has 1 aliphatic heterocycles. The van der Waals surface area contributed by atoms with E-state index in [0.717, 1.165) is 48.6 Å². The van der Waals surface area contributed by atoms with E-state index in [1.54, 1.807) is 11.8 Å². The van der Waals surface area contributed by atoms with Gasteiger partial charge in [-0.1, -0.05) is 30.7 Å². The van der Waals surface area contributed by atoms with Crippen molar-refractivity contribution >= 4 is 29.3 Å². The Morgan fingerprint density at radius 2 is 1.83 bits per heavy atom. The molecule has 4 nitrogen and oxygen atoms in total. The molecule has 1 aliphatic rings. The van der Waals surface area contributed by atoms with Crippen LogP contribution in [0, 0.1) is 0 Å². The lowest BCUT2D eigenvalue weighted by molar-refractivity contribution is -0.120. The predicted molar refractivity (Wildman–Crippen MR) is 121 cm³/mol. The maximum Gasteiger partial charge on any atom is 0.233 e. The van der Waals surface area contributed by atoms with Crippen molar-refractivity contribution in [1.29, 1.82) is 0 Å². The second-order valence-electron chi connectivity index (χ2n) is 7.45. The van der Waals surface area contributed by atoms with Gasteiger partial charge in [0.25, 0.3) is 0 Å². The monoisotopic (exact) mass is 432 g/mol. The van der Waals surface area contributed by atoms with Crippen LogP contribution >= 0.6 is 23.4 Å². The van der Waals surface area contributed by atoms with E-state index in [-0.39, 0.29) is 11.2 Å². The highest BCUT2D eigenvalue weighted by molar-refractivity contribution is 8.00. The average Bonchev–Trinajstić information content (AvgIpc) is 2.74. The van der Waals surface area contributed by atoms with Crippen LogP contribution < -0.4 is 10.1 Å². The molecule has 6 heteroatoms. The minimum absolute atomic E-state index is 0.0547. The number of likely N-dealkylation sites (tertiary alicyclic amines) is 1. The van der Waals surface area contributed by atoms with Crippen molar-refractivity contribution in [2.75, 3.05) is 20.1 Å². The molecule has 1 saturated heterocycles. The van der Waals surface area contributed by atoms with Gasteiger partial charge in [-0.2, -0.15) is 0 Å². The van der Waals surface area contributed by atoms with Crippen molar-refractivity contribution in [1.82, 2.24) is 10.2 Å². The van der Waals surface area contributed by atoms with E-state index >= 15 is 0 Å². The molecule has 0 aliphatic carbocycles. The third kappa shape index (κ3) is 6.95. The summed E-state index contributed by atoms with van der Waals surface area (Å²) in [6.45, 7) is 4.72. The molecule has 2 aromatic carbocycles. The first-order chi connectivity index (χ1) is 14.0. The van der Waals surface area contributed by atoms with Crippen LogP contribution in [0.15, 0.2) is 53.4 Å². The zero-order valence-corrected chi connectivity index (χ0v) is 18.6. The van der Waals surface area contributed by atoms with Crippen LogP contribution in [-0.4, -0.2) is 42.3 Å². The molecule has 1 unspecified atom stereocenters. The van der Waals surface area contributed by atoms with Crippen molar-refractivity contribution < 1.29 is 9.53 Å². The maximum absolute atomic E-state index is 12.6. The lowest BCUT2D eigenvalue weighted by atomic mass is 10.1. The number of rotatable bonds is 8. The molecule has 3 rings (SSSR count). The Bertz CT molecular complexity index is 774. The van der Waals surface area contributed by atoms with Crippen LogP contribution in [0.2, 0.25) is 5.02 Å². The van der Waals surface area contributed by atoms with E-state index in [1.807, 2.05) is 55.5 Å². The molecule has 1 N–H and O–H groups in total. The average molecular weight is 433 g/mol. The number of ether oxygens (including phenoxy) is 1. The molecular weight excluding hydrogens is 404 g/mol. The number of amides is 1. The number of halogens is 1. The largest absolute Gasteiger partial charge is 0.490 e. The van der Waals surface area contributed by atoms with Gasteiger partial charge in [0, 0.05) is 29.6 Å². The van der Waals surface area contributed by atoms with Gasteiger partial charge >= 0.3 is 0 Å². The van der Waals surface area contributed by atoms with Crippen molar-refractivity contribution in [2.45, 2.75) is 49.0 Å². The number of hydrogen-bond acceptors (Lipinski definition) is 4. The molecule has 29 heavy (non-hydrogen) atoms. The second kappa shape index (κ2) is 10.9. The summed E-state index contributed by atoms with van der Waals surface area (Å²) in [6, 6.07) is 15.7. The third-order valence-electron chi connectivity index (χ3n) is 5.11. The fraction of sp³-hybridized carbons (Fsp3) is 0.435. The Labute approximate surface area is 183 Å². The van der Waals surface area contributed by atoms with Gasteiger partial charge in [-0.25, -0.2) is 0 Å². The Kier molecular flexibility index (Phi) is 8.28. The van der Waals surface area contributed by atoms with E-state index in [0.29, 0.717) is 17.7 Å². The SMILES string of the molecule is CCC(Sc1ccc(Cl)cc1)C(=O)NCc1ccc(OC2CCN(C)CC2)cc1. The molecule has 156 valence electrons. The number of thioether (sulfide) groups is 1. The minimum Gasteiger partial charge on any atom is -0.490 e. The second-order valence-corrected chi connectivity index (χ2v) is 9.16. The first-order valence-electron chi connectivity index (χ1n) is 10.2. The fourth-order valence-corrected chi connectivity index (χ4v) is 4.39. The lowest BCUT2D eigenvalue weighted by Gasteiger charge is -2.29. The number of nitrogens with one attached hydrogen (secondary N) is 1. The van der Waals surface area contributed by atoms with Crippen LogP contribution in [0.3, 0.4) is 0 Å². The summed E-state index contributed by atoms with van der Waals surface area (Å²) in [5, 5.41) is 3.64. The topological polar surface area (TPSA) is 41.6 Å². The summed E-state index contributed by atoms with van der Waals surface area (Å²) in [5.41, 5.74) is 1.07. The fourth-order valence-electron chi connectivity index (χ4n) is 3.28. The normalized spacial score (nSPS) is 16.4. The number of benzene rings is 2. The summed E-state index contributed by atoms with van der Waals surface area (Å²) in [7, 11) is 2.15. The van der Waals surface area contributed by atoms with Gasteiger partial charge in [0.1, 0.15) is 11.9 Å². The summed E-state index contributed by atoms with van der Waals surface area (Å²) >= 11 is 7.50. The van der Waals surface area contributed by atoms with E-state index < -0.39 is 0 Å². The number of nitrogens with zero attached hydrogens (tertiary/aromatic N) is 1. The van der Waals surface area contributed by atoms with Gasteiger partial charge in [0.2, 0.25) is 5.91 Å². The van der Waals surface area contributed by atoms with Crippen molar-refractivity contribution in [3.05, 3.63) is 59.1 Å². The zero-order chi connectivity index (χ0) is 20.6. The van der Waals surface area contributed by atoms with Gasteiger partial charge < -0.3 is 15.0 Å². The lowest BCUT2D eigenvalue weighted by Crippen LogP contribution is -2.35. The molecule has 1 fully saturated rings. The van der Waals surface area contributed by atoms with Crippen LogP contribution in [0.25, 0.3) is 0 Å². The molecule has 0 spiro atoms. The van der Waals surface area contributed by atoms with Gasteiger partial charge in [-0.15, -0.1) is 11.8 Å². The molecule has 0 bridgehead atoms. The Morgan fingerprint density at radius 3 is 2.45 bits per heavy atom. The molecule has 2 aromatic rings. The Balaban J connectivity index is 1.46. The molecule has 1 amide bonds. The first-order valence-corrected chi connectivity index (χ1v) is 11.4. The Morgan fingerprint density at radius 1 is 1.17 bits per heavy atom. The molecule has 1 atom stereocenters. The molecule has 1 heterocycles. The van der Waals surface area contributed by atoms with E-state index in [1.165, 1.54) is 0 Å². The van der Waals surface area contributed by atoms with Gasteiger partial charge in [-0.05, 0) is 68.3 Å². The van der Waals surface area contributed by atoms with Crippen molar-refractivity contribution in [3.63, 3.8) is 0 Å². The van der Waals surface area contributed by atoms with Crippen LogP contribution in [0.5, 0.6) is 5.75 Å². The first kappa shape index (κ1) is 22.0.